The lowest BCUT2D eigenvalue weighted by atomic mass is 10.0. The summed E-state index contributed by atoms with van der Waals surface area (Å²) in [6, 6.07) is 3.67. The molecule has 0 bridgehead atoms. The van der Waals surface area contributed by atoms with Gasteiger partial charge in [0, 0.05) is 19.4 Å². The van der Waals surface area contributed by atoms with Crippen LogP contribution in [-0.2, 0) is 16.1 Å². The Morgan fingerprint density at radius 3 is 2.38 bits per heavy atom. The number of alkyl carbamates (subject to hydrolysis) is 1. The maximum absolute atomic E-state index is 11.9. The van der Waals surface area contributed by atoms with Gasteiger partial charge in [-0.15, -0.1) is 0 Å². The SMILES string of the molecule is CNC(=O)OC(C)(C)C(=O)Cn1cccc1. The van der Waals surface area contributed by atoms with E-state index in [0.29, 0.717) is 0 Å². The fourth-order valence-electron chi connectivity index (χ4n) is 1.17. The van der Waals surface area contributed by atoms with E-state index in [9.17, 15) is 9.59 Å². The molecule has 0 saturated carbocycles. The third kappa shape index (κ3) is 3.12. The van der Waals surface area contributed by atoms with Crippen LogP contribution in [0.25, 0.3) is 0 Å². The van der Waals surface area contributed by atoms with E-state index in [0.717, 1.165) is 0 Å². The topological polar surface area (TPSA) is 60.3 Å². The molecule has 5 heteroatoms. The van der Waals surface area contributed by atoms with Crippen LogP contribution in [0.4, 0.5) is 4.79 Å². The van der Waals surface area contributed by atoms with E-state index in [2.05, 4.69) is 5.32 Å². The summed E-state index contributed by atoms with van der Waals surface area (Å²) in [5, 5.41) is 2.31. The second kappa shape index (κ2) is 4.83. The zero-order valence-electron chi connectivity index (χ0n) is 9.69. The lowest BCUT2D eigenvalue weighted by molar-refractivity contribution is -0.135. The quantitative estimate of drug-likeness (QED) is 0.835. The van der Waals surface area contributed by atoms with Crippen molar-refractivity contribution in [3.05, 3.63) is 24.5 Å². The molecule has 0 atom stereocenters. The molecular formula is C11H16N2O3. The van der Waals surface area contributed by atoms with Crippen LogP contribution in [0.2, 0.25) is 0 Å². The van der Waals surface area contributed by atoms with E-state index < -0.39 is 11.7 Å². The molecule has 5 nitrogen and oxygen atoms in total. The summed E-state index contributed by atoms with van der Waals surface area (Å²) in [5.74, 6) is -0.160. The van der Waals surface area contributed by atoms with E-state index in [1.807, 2.05) is 12.1 Å². The van der Waals surface area contributed by atoms with Crippen LogP contribution >= 0.6 is 0 Å². The highest BCUT2D eigenvalue weighted by Crippen LogP contribution is 2.12. The molecular weight excluding hydrogens is 208 g/mol. The van der Waals surface area contributed by atoms with Crippen LogP contribution in [0, 0.1) is 0 Å². The molecule has 1 amide bonds. The van der Waals surface area contributed by atoms with Gasteiger partial charge in [-0.2, -0.15) is 0 Å². The predicted octanol–water partition coefficient (Wildman–Crippen LogP) is 1.19. The fraction of sp³-hybridized carbons (Fsp3) is 0.455. The highest BCUT2D eigenvalue weighted by Gasteiger charge is 2.31. The van der Waals surface area contributed by atoms with Crippen molar-refractivity contribution in [1.82, 2.24) is 9.88 Å². The first kappa shape index (κ1) is 12.3. The molecule has 0 radical (unpaired) electrons. The van der Waals surface area contributed by atoms with E-state index in [1.165, 1.54) is 7.05 Å². The van der Waals surface area contributed by atoms with Gasteiger partial charge in [-0.3, -0.25) is 4.79 Å². The molecule has 0 spiro atoms. The van der Waals surface area contributed by atoms with Crippen molar-refractivity contribution in [2.75, 3.05) is 7.05 Å². The highest BCUT2D eigenvalue weighted by atomic mass is 16.6. The van der Waals surface area contributed by atoms with Gasteiger partial charge < -0.3 is 14.6 Å². The number of amides is 1. The Kier molecular flexibility index (Phi) is 3.71. The number of ether oxygens (including phenoxy) is 1. The largest absolute Gasteiger partial charge is 0.435 e. The number of rotatable bonds is 4. The zero-order chi connectivity index (χ0) is 12.2. The van der Waals surface area contributed by atoms with Crippen LogP contribution in [0.5, 0.6) is 0 Å². The molecule has 1 aromatic heterocycles. The summed E-state index contributed by atoms with van der Waals surface area (Å²) >= 11 is 0. The van der Waals surface area contributed by atoms with Crippen molar-refractivity contribution in [2.45, 2.75) is 26.0 Å². The maximum Gasteiger partial charge on any atom is 0.407 e. The number of carbonyl (C=O) groups excluding carboxylic acids is 2. The molecule has 0 unspecified atom stereocenters. The van der Waals surface area contributed by atoms with Gasteiger partial charge in [0.05, 0.1) is 6.54 Å². The Hall–Kier alpha value is -1.78. The monoisotopic (exact) mass is 224 g/mol. The molecule has 0 aliphatic heterocycles. The Morgan fingerprint density at radius 1 is 1.31 bits per heavy atom. The van der Waals surface area contributed by atoms with Crippen molar-refractivity contribution in [3.63, 3.8) is 0 Å². The minimum Gasteiger partial charge on any atom is -0.435 e. The van der Waals surface area contributed by atoms with Gasteiger partial charge in [-0.25, -0.2) is 4.79 Å². The molecule has 1 N–H and O–H groups in total. The van der Waals surface area contributed by atoms with Crippen LogP contribution in [0.3, 0.4) is 0 Å². The fourth-order valence-corrected chi connectivity index (χ4v) is 1.17. The molecule has 1 rings (SSSR count). The molecule has 1 heterocycles. The number of nitrogens with zero attached hydrogens (tertiary/aromatic N) is 1. The summed E-state index contributed by atoms with van der Waals surface area (Å²) in [6.07, 6.45) is 2.97. The van der Waals surface area contributed by atoms with Crippen LogP contribution in [-0.4, -0.2) is 29.1 Å². The van der Waals surface area contributed by atoms with E-state index in [4.69, 9.17) is 4.74 Å². The number of hydrogen-bond donors (Lipinski definition) is 1. The average molecular weight is 224 g/mol. The van der Waals surface area contributed by atoms with Crippen LogP contribution in [0.15, 0.2) is 24.5 Å². The summed E-state index contributed by atoms with van der Waals surface area (Å²) in [6.45, 7) is 3.35. The lowest BCUT2D eigenvalue weighted by Gasteiger charge is -2.23. The second-order valence-corrected chi connectivity index (χ2v) is 3.93. The summed E-state index contributed by atoms with van der Waals surface area (Å²) in [7, 11) is 1.45. The van der Waals surface area contributed by atoms with Crippen molar-refractivity contribution in [1.29, 1.82) is 0 Å². The number of Topliss-reactive ketones (excluding diaryl/α,β-unsaturated/α-hetero) is 1. The first-order valence-corrected chi connectivity index (χ1v) is 5.00. The number of carbonyl (C=O) groups is 2. The zero-order valence-corrected chi connectivity index (χ0v) is 9.69. The van der Waals surface area contributed by atoms with Gasteiger partial charge in [-0.1, -0.05) is 0 Å². The average Bonchev–Trinajstić information content (AvgIpc) is 2.69. The lowest BCUT2D eigenvalue weighted by Crippen LogP contribution is -2.41. The highest BCUT2D eigenvalue weighted by molar-refractivity contribution is 5.88. The Morgan fingerprint density at radius 2 is 1.88 bits per heavy atom. The number of ketones is 1. The van der Waals surface area contributed by atoms with Crippen LogP contribution < -0.4 is 5.32 Å². The van der Waals surface area contributed by atoms with Crippen molar-refractivity contribution < 1.29 is 14.3 Å². The molecule has 0 fully saturated rings. The van der Waals surface area contributed by atoms with Crippen LogP contribution in [0.1, 0.15) is 13.8 Å². The minimum atomic E-state index is -1.12. The van der Waals surface area contributed by atoms with Gasteiger partial charge in [-0.05, 0) is 26.0 Å². The Bertz CT molecular complexity index is 369. The summed E-state index contributed by atoms with van der Waals surface area (Å²) in [4.78, 5) is 22.9. The predicted molar refractivity (Wildman–Crippen MR) is 59.1 cm³/mol. The van der Waals surface area contributed by atoms with E-state index in [1.54, 1.807) is 30.8 Å². The third-order valence-electron chi connectivity index (χ3n) is 2.22. The standard InChI is InChI=1S/C11H16N2O3/c1-11(2,16-10(15)12-3)9(14)8-13-6-4-5-7-13/h4-7H,8H2,1-3H3,(H,12,15). The molecule has 16 heavy (non-hydrogen) atoms. The Balaban J connectivity index is 2.61. The van der Waals surface area contributed by atoms with E-state index in [-0.39, 0.29) is 12.3 Å². The third-order valence-corrected chi connectivity index (χ3v) is 2.22. The summed E-state index contributed by atoms with van der Waals surface area (Å²) in [5.41, 5.74) is -1.12. The minimum absolute atomic E-state index is 0.160. The van der Waals surface area contributed by atoms with Gasteiger partial charge in [0.2, 0.25) is 0 Å². The van der Waals surface area contributed by atoms with Gasteiger partial charge in [0.25, 0.3) is 0 Å². The number of nitrogens with one attached hydrogen (secondary N) is 1. The van der Waals surface area contributed by atoms with Crippen molar-refractivity contribution >= 4 is 11.9 Å². The van der Waals surface area contributed by atoms with Gasteiger partial charge in [0.1, 0.15) is 0 Å². The first-order valence-electron chi connectivity index (χ1n) is 5.00. The Labute approximate surface area is 94.4 Å². The molecule has 0 aliphatic rings. The number of aromatic nitrogens is 1. The molecule has 0 saturated heterocycles. The smallest absolute Gasteiger partial charge is 0.407 e. The van der Waals surface area contributed by atoms with Crippen molar-refractivity contribution in [2.24, 2.45) is 0 Å². The molecule has 0 aliphatic carbocycles. The summed E-state index contributed by atoms with van der Waals surface area (Å²) < 4.78 is 6.72. The molecule has 1 aromatic rings. The van der Waals surface area contributed by atoms with Gasteiger partial charge in [0.15, 0.2) is 11.4 Å². The first-order chi connectivity index (χ1) is 7.45. The number of hydrogen-bond acceptors (Lipinski definition) is 3. The maximum atomic E-state index is 11.9. The van der Waals surface area contributed by atoms with E-state index >= 15 is 0 Å². The van der Waals surface area contributed by atoms with Gasteiger partial charge >= 0.3 is 6.09 Å². The molecule has 0 aromatic carbocycles. The second-order valence-electron chi connectivity index (χ2n) is 3.93. The normalized spacial score (nSPS) is 10.9. The van der Waals surface area contributed by atoms with Crippen molar-refractivity contribution in [3.8, 4) is 0 Å². The molecule has 88 valence electrons.